The van der Waals surface area contributed by atoms with Crippen molar-refractivity contribution in [3.8, 4) is 0 Å². The van der Waals surface area contributed by atoms with E-state index in [1.54, 1.807) is 6.33 Å². The van der Waals surface area contributed by atoms with Crippen LogP contribution in [-0.4, -0.2) is 34.8 Å². The summed E-state index contributed by atoms with van der Waals surface area (Å²) in [6.45, 7) is 6.59. The molecule has 1 rings (SSSR count). The zero-order chi connectivity index (χ0) is 13.5. The highest BCUT2D eigenvalue weighted by molar-refractivity contribution is 5.59. The number of anilines is 2. The van der Waals surface area contributed by atoms with Gasteiger partial charge in [0, 0.05) is 25.3 Å². The number of aliphatic hydroxyl groups excluding tert-OH is 1. The molecule has 0 amide bonds. The Morgan fingerprint density at radius 1 is 1.22 bits per heavy atom. The summed E-state index contributed by atoms with van der Waals surface area (Å²) in [5, 5.41) is 15.3. The lowest BCUT2D eigenvalue weighted by Crippen LogP contribution is -2.19. The lowest BCUT2D eigenvalue weighted by molar-refractivity contribution is 0.282. The van der Waals surface area contributed by atoms with Gasteiger partial charge >= 0.3 is 0 Å². The van der Waals surface area contributed by atoms with Crippen molar-refractivity contribution in [2.45, 2.75) is 45.6 Å². The highest BCUT2D eigenvalue weighted by Gasteiger charge is 2.15. The van der Waals surface area contributed by atoms with E-state index in [0.29, 0.717) is 5.92 Å². The van der Waals surface area contributed by atoms with E-state index < -0.39 is 0 Å². The Labute approximate surface area is 109 Å². The summed E-state index contributed by atoms with van der Waals surface area (Å²) in [6.07, 6.45) is 3.29. The van der Waals surface area contributed by atoms with Gasteiger partial charge in [-0.2, -0.15) is 0 Å². The van der Waals surface area contributed by atoms with Crippen LogP contribution in [0.15, 0.2) is 6.33 Å². The molecule has 0 aliphatic rings. The molecule has 0 aliphatic carbocycles. The lowest BCUT2D eigenvalue weighted by atomic mass is 10.0. The number of aromatic nitrogens is 2. The van der Waals surface area contributed by atoms with Gasteiger partial charge in [-0.3, -0.25) is 0 Å². The smallest absolute Gasteiger partial charge is 0.135 e. The van der Waals surface area contributed by atoms with Crippen LogP contribution in [0.25, 0.3) is 0 Å². The summed E-state index contributed by atoms with van der Waals surface area (Å²) in [7, 11) is 1.87. The average Bonchev–Trinajstić information content (AvgIpc) is 2.35. The first-order chi connectivity index (χ1) is 8.60. The topological polar surface area (TPSA) is 70.1 Å². The Bertz CT molecular complexity index is 368. The first kappa shape index (κ1) is 14.7. The zero-order valence-electron chi connectivity index (χ0n) is 11.7. The van der Waals surface area contributed by atoms with E-state index in [2.05, 4.69) is 41.4 Å². The maximum atomic E-state index is 8.84. The monoisotopic (exact) mass is 252 g/mol. The molecule has 0 fully saturated rings. The van der Waals surface area contributed by atoms with Crippen LogP contribution in [0.1, 0.15) is 45.1 Å². The first-order valence-electron chi connectivity index (χ1n) is 6.50. The van der Waals surface area contributed by atoms with Gasteiger partial charge in [0.2, 0.25) is 0 Å². The molecule has 0 spiro atoms. The molecule has 1 aromatic heterocycles. The van der Waals surface area contributed by atoms with Crippen molar-refractivity contribution in [1.29, 1.82) is 0 Å². The van der Waals surface area contributed by atoms with Crippen LogP contribution in [0.4, 0.5) is 11.6 Å². The Morgan fingerprint density at radius 2 is 1.89 bits per heavy atom. The molecule has 0 bridgehead atoms. The second-order valence-corrected chi connectivity index (χ2v) is 4.80. The van der Waals surface area contributed by atoms with Gasteiger partial charge < -0.3 is 15.7 Å². The van der Waals surface area contributed by atoms with Gasteiger partial charge in [0.15, 0.2) is 0 Å². The van der Waals surface area contributed by atoms with Crippen LogP contribution in [0.3, 0.4) is 0 Å². The summed E-state index contributed by atoms with van der Waals surface area (Å²) in [6, 6.07) is 0.286. The lowest BCUT2D eigenvalue weighted by Gasteiger charge is -2.20. The molecule has 1 heterocycles. The molecule has 5 nitrogen and oxygen atoms in total. The largest absolute Gasteiger partial charge is 0.396 e. The molecule has 0 radical (unpaired) electrons. The fourth-order valence-corrected chi connectivity index (χ4v) is 1.96. The number of nitrogens with one attached hydrogen (secondary N) is 2. The van der Waals surface area contributed by atoms with Crippen molar-refractivity contribution in [1.82, 2.24) is 9.97 Å². The molecule has 1 aromatic rings. The van der Waals surface area contributed by atoms with E-state index in [4.69, 9.17) is 5.11 Å². The zero-order valence-corrected chi connectivity index (χ0v) is 11.7. The summed E-state index contributed by atoms with van der Waals surface area (Å²) in [5.74, 6) is 2.10. The van der Waals surface area contributed by atoms with Crippen LogP contribution < -0.4 is 10.6 Å². The molecule has 5 heteroatoms. The van der Waals surface area contributed by atoms with E-state index in [-0.39, 0.29) is 12.6 Å². The van der Waals surface area contributed by atoms with Crippen molar-refractivity contribution in [3.63, 3.8) is 0 Å². The Morgan fingerprint density at radius 3 is 2.44 bits per heavy atom. The Balaban J connectivity index is 2.87. The molecule has 1 unspecified atom stereocenters. The van der Waals surface area contributed by atoms with Crippen molar-refractivity contribution in [2.24, 2.45) is 0 Å². The van der Waals surface area contributed by atoms with Gasteiger partial charge in [0.05, 0.1) is 0 Å². The van der Waals surface area contributed by atoms with Crippen LogP contribution in [0, 0.1) is 0 Å². The van der Waals surface area contributed by atoms with Crippen molar-refractivity contribution in [2.75, 3.05) is 24.3 Å². The minimum absolute atomic E-state index is 0.231. The van der Waals surface area contributed by atoms with E-state index in [0.717, 1.165) is 30.0 Å². The van der Waals surface area contributed by atoms with Crippen molar-refractivity contribution in [3.05, 3.63) is 11.9 Å². The maximum Gasteiger partial charge on any atom is 0.135 e. The first-order valence-corrected chi connectivity index (χ1v) is 6.50. The highest BCUT2D eigenvalue weighted by atomic mass is 16.2. The predicted octanol–water partition coefficient (Wildman–Crippen LogP) is 2.21. The van der Waals surface area contributed by atoms with Crippen LogP contribution in [0.5, 0.6) is 0 Å². The van der Waals surface area contributed by atoms with Crippen LogP contribution in [0.2, 0.25) is 0 Å². The molecule has 102 valence electrons. The number of aliphatic hydroxyl groups is 1. The SMILES string of the molecule is CNc1ncnc(NC(C)CCCO)c1C(C)C. The van der Waals surface area contributed by atoms with Gasteiger partial charge in [0.25, 0.3) is 0 Å². The average molecular weight is 252 g/mol. The van der Waals surface area contributed by atoms with Gasteiger partial charge in [-0.15, -0.1) is 0 Å². The third kappa shape index (κ3) is 3.84. The number of rotatable bonds is 7. The summed E-state index contributed by atoms with van der Waals surface area (Å²) in [4.78, 5) is 8.58. The normalized spacial score (nSPS) is 12.6. The van der Waals surface area contributed by atoms with Gasteiger partial charge in [-0.25, -0.2) is 9.97 Å². The van der Waals surface area contributed by atoms with E-state index in [1.807, 2.05) is 7.05 Å². The number of nitrogens with zero attached hydrogens (tertiary/aromatic N) is 2. The summed E-state index contributed by atoms with van der Waals surface area (Å²) in [5.41, 5.74) is 1.11. The van der Waals surface area contributed by atoms with Crippen molar-refractivity contribution < 1.29 is 5.11 Å². The van der Waals surface area contributed by atoms with Gasteiger partial charge in [-0.05, 0) is 25.7 Å². The summed E-state index contributed by atoms with van der Waals surface area (Å²) >= 11 is 0. The predicted molar refractivity (Wildman–Crippen MR) is 75.1 cm³/mol. The third-order valence-electron chi connectivity index (χ3n) is 2.88. The fourth-order valence-electron chi connectivity index (χ4n) is 1.96. The van der Waals surface area contributed by atoms with E-state index in [1.165, 1.54) is 0 Å². The third-order valence-corrected chi connectivity index (χ3v) is 2.88. The summed E-state index contributed by atoms with van der Waals surface area (Å²) < 4.78 is 0. The number of hydrogen-bond acceptors (Lipinski definition) is 5. The standard InChI is InChI=1S/C13H24N4O/c1-9(2)11-12(14-4)15-8-16-13(11)17-10(3)6-5-7-18/h8-10,18H,5-7H2,1-4H3,(H2,14,15,16,17). The quantitative estimate of drug-likeness (QED) is 0.694. The second kappa shape index (κ2) is 7.16. The maximum absolute atomic E-state index is 8.84. The number of hydrogen-bond donors (Lipinski definition) is 3. The highest BCUT2D eigenvalue weighted by Crippen LogP contribution is 2.28. The molecule has 3 N–H and O–H groups in total. The van der Waals surface area contributed by atoms with E-state index >= 15 is 0 Å². The minimum atomic E-state index is 0.231. The van der Waals surface area contributed by atoms with E-state index in [9.17, 15) is 0 Å². The molecule has 0 aliphatic heterocycles. The molecule has 0 saturated carbocycles. The molecule has 0 saturated heterocycles. The molecular formula is C13H24N4O. The van der Waals surface area contributed by atoms with Gasteiger partial charge in [0.1, 0.15) is 18.0 Å². The molecular weight excluding hydrogens is 228 g/mol. The molecule has 18 heavy (non-hydrogen) atoms. The van der Waals surface area contributed by atoms with Crippen LogP contribution in [-0.2, 0) is 0 Å². The Hall–Kier alpha value is -1.36. The molecule has 1 atom stereocenters. The van der Waals surface area contributed by atoms with Gasteiger partial charge in [-0.1, -0.05) is 13.8 Å². The fraction of sp³-hybridized carbons (Fsp3) is 0.692. The van der Waals surface area contributed by atoms with Crippen molar-refractivity contribution >= 4 is 11.6 Å². The molecule has 0 aromatic carbocycles. The second-order valence-electron chi connectivity index (χ2n) is 4.80. The Kier molecular flexibility index (Phi) is 5.85. The van der Waals surface area contributed by atoms with Crippen LogP contribution >= 0.6 is 0 Å². The minimum Gasteiger partial charge on any atom is -0.396 e.